The highest BCUT2D eigenvalue weighted by atomic mass is 16.5. The summed E-state index contributed by atoms with van der Waals surface area (Å²) in [4.78, 5) is 27.8. The molecule has 26 heavy (non-hydrogen) atoms. The van der Waals surface area contributed by atoms with Gasteiger partial charge in [0.05, 0.1) is 5.56 Å². The molecule has 0 aliphatic rings. The highest BCUT2D eigenvalue weighted by Gasteiger charge is 2.19. The Balaban J connectivity index is 1.63. The van der Waals surface area contributed by atoms with Gasteiger partial charge in [-0.25, -0.2) is 4.79 Å². The van der Waals surface area contributed by atoms with Crippen molar-refractivity contribution < 1.29 is 14.3 Å². The van der Waals surface area contributed by atoms with Gasteiger partial charge in [-0.1, -0.05) is 30.3 Å². The Labute approximate surface area is 152 Å². The number of fused-ring (bicyclic) bond motifs is 1. The number of carbonyl (C=O) groups excluding carboxylic acids is 2. The third kappa shape index (κ3) is 3.77. The molecule has 2 aromatic carbocycles. The first kappa shape index (κ1) is 17.7. The topological polar surface area (TPSA) is 71.2 Å². The number of aryl methyl sites for hydroxylation is 2. The molecule has 0 fully saturated rings. The van der Waals surface area contributed by atoms with Gasteiger partial charge < -0.3 is 15.0 Å². The van der Waals surface area contributed by atoms with Crippen LogP contribution in [0.1, 0.15) is 34.1 Å². The van der Waals surface area contributed by atoms with Crippen LogP contribution >= 0.6 is 0 Å². The van der Waals surface area contributed by atoms with E-state index in [1.807, 2.05) is 50.2 Å². The molecule has 0 bridgehead atoms. The average molecular weight is 350 g/mol. The standard InChI is InChI=1S/C21H22N2O3/c1-13-14(2)23-19-10-9-17(11-18(13)19)21(25)26-15(3)20(24)22-12-16-7-5-4-6-8-16/h4-11,15,23H,12H2,1-3H3,(H,22,24)/t15-/m1/s1. The summed E-state index contributed by atoms with van der Waals surface area (Å²) in [5, 5.41) is 3.76. The third-order valence-electron chi connectivity index (χ3n) is 4.51. The Morgan fingerprint density at radius 1 is 1.12 bits per heavy atom. The lowest BCUT2D eigenvalue weighted by Crippen LogP contribution is -2.35. The van der Waals surface area contributed by atoms with E-state index in [1.165, 1.54) is 0 Å². The number of hydrogen-bond donors (Lipinski definition) is 2. The number of carbonyl (C=O) groups is 2. The molecule has 0 saturated carbocycles. The van der Waals surface area contributed by atoms with E-state index in [-0.39, 0.29) is 5.91 Å². The van der Waals surface area contributed by atoms with Gasteiger partial charge >= 0.3 is 5.97 Å². The molecular formula is C21H22N2O3. The van der Waals surface area contributed by atoms with E-state index in [1.54, 1.807) is 19.1 Å². The van der Waals surface area contributed by atoms with Crippen molar-refractivity contribution >= 4 is 22.8 Å². The number of rotatable bonds is 5. The minimum Gasteiger partial charge on any atom is -0.449 e. The molecule has 0 saturated heterocycles. The Kier molecular flexibility index (Phi) is 5.07. The predicted molar refractivity (Wildman–Crippen MR) is 101 cm³/mol. The molecular weight excluding hydrogens is 328 g/mol. The smallest absolute Gasteiger partial charge is 0.338 e. The van der Waals surface area contributed by atoms with E-state index in [2.05, 4.69) is 10.3 Å². The molecule has 3 aromatic rings. The molecule has 1 aromatic heterocycles. The van der Waals surface area contributed by atoms with E-state index >= 15 is 0 Å². The van der Waals surface area contributed by atoms with Crippen LogP contribution in [0.3, 0.4) is 0 Å². The van der Waals surface area contributed by atoms with Gasteiger partial charge in [0.15, 0.2) is 6.10 Å². The summed E-state index contributed by atoms with van der Waals surface area (Å²) < 4.78 is 5.32. The van der Waals surface area contributed by atoms with Crippen molar-refractivity contribution in [3.63, 3.8) is 0 Å². The van der Waals surface area contributed by atoms with Crippen molar-refractivity contribution in [1.82, 2.24) is 10.3 Å². The summed E-state index contributed by atoms with van der Waals surface area (Å²) in [5.41, 5.74) is 4.57. The number of H-pyrrole nitrogens is 1. The largest absolute Gasteiger partial charge is 0.449 e. The van der Waals surface area contributed by atoms with Crippen molar-refractivity contribution in [3.05, 3.63) is 70.9 Å². The Bertz CT molecular complexity index is 945. The number of nitrogens with one attached hydrogen (secondary N) is 2. The maximum atomic E-state index is 12.4. The molecule has 134 valence electrons. The first-order chi connectivity index (χ1) is 12.5. The fraction of sp³-hybridized carbons (Fsp3) is 0.238. The van der Waals surface area contributed by atoms with Crippen LogP contribution in [0, 0.1) is 13.8 Å². The molecule has 0 radical (unpaired) electrons. The zero-order chi connectivity index (χ0) is 18.7. The molecule has 2 N–H and O–H groups in total. The van der Waals surface area contributed by atoms with Crippen LogP contribution in [-0.2, 0) is 16.1 Å². The lowest BCUT2D eigenvalue weighted by molar-refractivity contribution is -0.129. The summed E-state index contributed by atoms with van der Waals surface area (Å²) in [6.07, 6.45) is -0.865. The Morgan fingerprint density at radius 2 is 1.85 bits per heavy atom. The van der Waals surface area contributed by atoms with E-state index in [0.717, 1.165) is 27.7 Å². The molecule has 1 atom stereocenters. The fourth-order valence-electron chi connectivity index (χ4n) is 2.80. The average Bonchev–Trinajstić information content (AvgIpc) is 2.94. The summed E-state index contributed by atoms with van der Waals surface area (Å²) in [5.74, 6) is -0.829. The van der Waals surface area contributed by atoms with E-state index in [0.29, 0.717) is 12.1 Å². The van der Waals surface area contributed by atoms with Gasteiger partial charge in [-0.05, 0) is 50.1 Å². The molecule has 0 aliphatic heterocycles. The fourth-order valence-corrected chi connectivity index (χ4v) is 2.80. The zero-order valence-corrected chi connectivity index (χ0v) is 15.1. The summed E-state index contributed by atoms with van der Waals surface area (Å²) in [6, 6.07) is 14.9. The second kappa shape index (κ2) is 7.44. The number of aromatic amines is 1. The lowest BCUT2D eigenvalue weighted by atomic mass is 10.1. The van der Waals surface area contributed by atoms with Crippen molar-refractivity contribution in [1.29, 1.82) is 0 Å². The van der Waals surface area contributed by atoms with Crippen LogP contribution in [0.2, 0.25) is 0 Å². The van der Waals surface area contributed by atoms with Crippen LogP contribution in [0.4, 0.5) is 0 Å². The van der Waals surface area contributed by atoms with Crippen molar-refractivity contribution in [2.45, 2.75) is 33.4 Å². The number of aromatic nitrogens is 1. The van der Waals surface area contributed by atoms with Gasteiger partial charge in [0.25, 0.3) is 5.91 Å². The highest BCUT2D eigenvalue weighted by molar-refractivity contribution is 5.97. The van der Waals surface area contributed by atoms with Gasteiger partial charge in [0, 0.05) is 23.1 Å². The molecule has 5 heteroatoms. The van der Waals surface area contributed by atoms with Crippen LogP contribution in [0.5, 0.6) is 0 Å². The van der Waals surface area contributed by atoms with Gasteiger partial charge in [0.2, 0.25) is 0 Å². The number of esters is 1. The zero-order valence-electron chi connectivity index (χ0n) is 15.1. The molecule has 1 amide bonds. The summed E-state index contributed by atoms with van der Waals surface area (Å²) in [6.45, 7) is 5.97. The van der Waals surface area contributed by atoms with Crippen LogP contribution in [-0.4, -0.2) is 23.0 Å². The highest BCUT2D eigenvalue weighted by Crippen LogP contribution is 2.22. The van der Waals surface area contributed by atoms with Gasteiger partial charge in [-0.2, -0.15) is 0 Å². The predicted octanol–water partition coefficient (Wildman–Crippen LogP) is 3.65. The van der Waals surface area contributed by atoms with E-state index in [9.17, 15) is 9.59 Å². The minimum absolute atomic E-state index is 0.322. The minimum atomic E-state index is -0.865. The second-order valence-corrected chi connectivity index (χ2v) is 6.39. The number of amides is 1. The first-order valence-electron chi connectivity index (χ1n) is 8.57. The molecule has 5 nitrogen and oxygen atoms in total. The maximum absolute atomic E-state index is 12.4. The number of ether oxygens (including phenoxy) is 1. The molecule has 1 heterocycles. The quantitative estimate of drug-likeness (QED) is 0.690. The summed E-state index contributed by atoms with van der Waals surface area (Å²) >= 11 is 0. The lowest BCUT2D eigenvalue weighted by Gasteiger charge is -2.13. The van der Waals surface area contributed by atoms with Crippen LogP contribution < -0.4 is 5.32 Å². The maximum Gasteiger partial charge on any atom is 0.338 e. The molecule has 0 unspecified atom stereocenters. The van der Waals surface area contributed by atoms with Crippen LogP contribution in [0.25, 0.3) is 10.9 Å². The van der Waals surface area contributed by atoms with Gasteiger partial charge in [-0.3, -0.25) is 4.79 Å². The normalized spacial score (nSPS) is 12.0. The van der Waals surface area contributed by atoms with Crippen molar-refractivity contribution in [2.24, 2.45) is 0 Å². The Morgan fingerprint density at radius 3 is 2.58 bits per heavy atom. The van der Waals surface area contributed by atoms with Crippen molar-refractivity contribution in [2.75, 3.05) is 0 Å². The Hall–Kier alpha value is -3.08. The second-order valence-electron chi connectivity index (χ2n) is 6.39. The number of benzene rings is 2. The first-order valence-corrected chi connectivity index (χ1v) is 8.57. The molecule has 0 aliphatic carbocycles. The SMILES string of the molecule is Cc1[nH]c2ccc(C(=O)O[C@H](C)C(=O)NCc3ccccc3)cc2c1C. The number of hydrogen-bond acceptors (Lipinski definition) is 3. The van der Waals surface area contributed by atoms with E-state index < -0.39 is 12.1 Å². The van der Waals surface area contributed by atoms with Crippen molar-refractivity contribution in [3.8, 4) is 0 Å². The van der Waals surface area contributed by atoms with Gasteiger partial charge in [-0.15, -0.1) is 0 Å². The third-order valence-corrected chi connectivity index (χ3v) is 4.51. The van der Waals surface area contributed by atoms with Crippen LogP contribution in [0.15, 0.2) is 48.5 Å². The van der Waals surface area contributed by atoms with E-state index in [4.69, 9.17) is 4.74 Å². The van der Waals surface area contributed by atoms with Gasteiger partial charge in [0.1, 0.15) is 0 Å². The summed E-state index contributed by atoms with van der Waals surface area (Å²) in [7, 11) is 0. The molecule has 0 spiro atoms. The molecule has 3 rings (SSSR count). The monoisotopic (exact) mass is 350 g/mol.